The zero-order valence-electron chi connectivity index (χ0n) is 18.1. The minimum Gasteiger partial charge on any atom is -0.299 e. The maximum atomic E-state index is 12.1. The monoisotopic (exact) mass is 402 g/mol. The van der Waals surface area contributed by atoms with Crippen molar-refractivity contribution in [2.45, 2.75) is 52.4 Å². The minimum atomic E-state index is -0.765. The molecule has 2 aromatic carbocycles. The van der Waals surface area contributed by atoms with Crippen LogP contribution in [0.4, 0.5) is 0 Å². The lowest BCUT2D eigenvalue weighted by atomic mass is 9.83. The van der Waals surface area contributed by atoms with Crippen LogP contribution in [-0.4, -0.2) is 5.78 Å². The van der Waals surface area contributed by atoms with Gasteiger partial charge in [0.25, 0.3) is 0 Å². The van der Waals surface area contributed by atoms with Crippen molar-refractivity contribution in [1.29, 1.82) is 0 Å². The van der Waals surface area contributed by atoms with Crippen LogP contribution >= 0.6 is 7.92 Å². The number of hydrogen-bond donors (Lipinski definition) is 0. The second-order valence-corrected chi connectivity index (χ2v) is 10.9. The molecule has 0 atom stereocenters. The summed E-state index contributed by atoms with van der Waals surface area (Å²) >= 11 is 0. The van der Waals surface area contributed by atoms with E-state index in [2.05, 4.69) is 83.8 Å². The SMILES string of the molecule is C=Cc1cc(C(C)C)c(-c2ccccc2P2C(=C)CC(=O)CC2=C)c(C(C)C)c1. The van der Waals surface area contributed by atoms with Crippen LogP contribution < -0.4 is 5.30 Å². The smallest absolute Gasteiger partial charge is 0.141 e. The first-order valence-electron chi connectivity index (χ1n) is 10.3. The fourth-order valence-electron chi connectivity index (χ4n) is 4.17. The molecule has 150 valence electrons. The van der Waals surface area contributed by atoms with Gasteiger partial charge in [0.2, 0.25) is 0 Å². The van der Waals surface area contributed by atoms with Crippen LogP contribution in [0.3, 0.4) is 0 Å². The molecule has 0 spiro atoms. The van der Waals surface area contributed by atoms with E-state index in [0.717, 1.165) is 10.6 Å². The maximum Gasteiger partial charge on any atom is 0.141 e. The van der Waals surface area contributed by atoms with E-state index < -0.39 is 7.92 Å². The molecule has 0 amide bonds. The molecule has 0 radical (unpaired) electrons. The fourth-order valence-corrected chi connectivity index (χ4v) is 6.63. The number of carbonyl (C=O) groups excluding carboxylic acids is 1. The average Bonchev–Trinajstić information content (AvgIpc) is 2.66. The molecular formula is C27H31OP. The normalized spacial score (nSPS) is 15.4. The molecule has 0 bridgehead atoms. The van der Waals surface area contributed by atoms with Crippen LogP contribution in [0, 0.1) is 0 Å². The van der Waals surface area contributed by atoms with Crippen LogP contribution in [0.1, 0.15) is 69.1 Å². The molecular weight excluding hydrogens is 371 g/mol. The molecule has 1 aliphatic heterocycles. The van der Waals surface area contributed by atoms with E-state index in [0.29, 0.717) is 24.7 Å². The van der Waals surface area contributed by atoms with Crippen molar-refractivity contribution < 1.29 is 4.79 Å². The van der Waals surface area contributed by atoms with Gasteiger partial charge in [0.1, 0.15) is 5.78 Å². The molecule has 29 heavy (non-hydrogen) atoms. The minimum absolute atomic E-state index is 0.234. The Balaban J connectivity index is 2.31. The Morgan fingerprint density at radius 2 is 1.45 bits per heavy atom. The highest BCUT2D eigenvalue weighted by Crippen LogP contribution is 2.57. The van der Waals surface area contributed by atoms with Crippen LogP contribution in [0.5, 0.6) is 0 Å². The van der Waals surface area contributed by atoms with Crippen molar-refractivity contribution in [3.05, 3.63) is 83.5 Å². The molecule has 1 saturated heterocycles. The molecule has 1 heterocycles. The Morgan fingerprint density at radius 3 is 1.93 bits per heavy atom. The maximum absolute atomic E-state index is 12.1. The Kier molecular flexibility index (Phi) is 6.39. The van der Waals surface area contributed by atoms with E-state index in [-0.39, 0.29) is 5.78 Å². The van der Waals surface area contributed by atoms with Gasteiger partial charge in [-0.05, 0) is 63.5 Å². The molecule has 2 aromatic rings. The molecule has 3 rings (SSSR count). The number of allylic oxidation sites excluding steroid dienone is 2. The lowest BCUT2D eigenvalue weighted by molar-refractivity contribution is -0.117. The molecule has 1 aliphatic rings. The summed E-state index contributed by atoms with van der Waals surface area (Å²) in [6.45, 7) is 21.6. The average molecular weight is 403 g/mol. The summed E-state index contributed by atoms with van der Waals surface area (Å²) in [5.41, 5.74) is 6.45. The van der Waals surface area contributed by atoms with Gasteiger partial charge in [0.15, 0.2) is 0 Å². The predicted molar refractivity (Wildman–Crippen MR) is 129 cm³/mol. The third-order valence-electron chi connectivity index (χ3n) is 5.55. The fraction of sp³-hybridized carbons (Fsp3) is 0.296. The number of ketones is 1. The predicted octanol–water partition coefficient (Wildman–Crippen LogP) is 7.74. The van der Waals surface area contributed by atoms with Crippen molar-refractivity contribution in [2.24, 2.45) is 0 Å². The van der Waals surface area contributed by atoms with Gasteiger partial charge in [-0.2, -0.15) is 0 Å². The third kappa shape index (κ3) is 4.21. The first-order chi connectivity index (χ1) is 13.7. The number of rotatable bonds is 5. The molecule has 0 N–H and O–H groups in total. The first-order valence-corrected chi connectivity index (χ1v) is 11.7. The zero-order chi connectivity index (χ0) is 21.3. The Hall–Kier alpha value is -2.24. The summed E-state index contributed by atoms with van der Waals surface area (Å²) in [5, 5.41) is 3.32. The van der Waals surface area contributed by atoms with Crippen LogP contribution in [0.15, 0.2) is 66.8 Å². The van der Waals surface area contributed by atoms with E-state index in [1.165, 1.54) is 33.1 Å². The molecule has 0 aliphatic carbocycles. The molecule has 1 nitrogen and oxygen atoms in total. The number of benzene rings is 2. The second kappa shape index (κ2) is 8.64. The van der Waals surface area contributed by atoms with E-state index in [9.17, 15) is 4.79 Å². The highest BCUT2D eigenvalue weighted by Gasteiger charge is 2.30. The van der Waals surface area contributed by atoms with Crippen LogP contribution in [0.25, 0.3) is 17.2 Å². The topological polar surface area (TPSA) is 17.1 Å². The number of hydrogen-bond acceptors (Lipinski definition) is 1. The van der Waals surface area contributed by atoms with Crippen LogP contribution in [0.2, 0.25) is 0 Å². The van der Waals surface area contributed by atoms with Gasteiger partial charge in [-0.1, -0.05) is 89.9 Å². The van der Waals surface area contributed by atoms with Crippen molar-refractivity contribution >= 4 is 25.1 Å². The number of carbonyl (C=O) groups is 1. The highest BCUT2D eigenvalue weighted by molar-refractivity contribution is 7.74. The van der Waals surface area contributed by atoms with Crippen LogP contribution in [-0.2, 0) is 4.79 Å². The quantitative estimate of drug-likeness (QED) is 0.467. The number of Topliss-reactive ketones (excluding diaryl/α,β-unsaturated/α-hetero) is 1. The van der Waals surface area contributed by atoms with Gasteiger partial charge in [-0.3, -0.25) is 4.79 Å². The Labute approximate surface area is 177 Å². The Bertz CT molecular complexity index is 944. The molecule has 0 unspecified atom stereocenters. The lowest BCUT2D eigenvalue weighted by Crippen LogP contribution is -2.16. The lowest BCUT2D eigenvalue weighted by Gasteiger charge is -2.30. The van der Waals surface area contributed by atoms with E-state index in [1.807, 2.05) is 6.08 Å². The molecule has 2 heteroatoms. The Morgan fingerprint density at radius 1 is 0.931 bits per heavy atom. The molecule has 0 saturated carbocycles. The molecule has 0 aromatic heterocycles. The second-order valence-electron chi connectivity index (χ2n) is 8.47. The summed E-state index contributed by atoms with van der Waals surface area (Å²) in [5.74, 6) is 1.02. The largest absolute Gasteiger partial charge is 0.299 e. The van der Waals surface area contributed by atoms with E-state index in [1.54, 1.807) is 0 Å². The summed E-state index contributed by atoms with van der Waals surface area (Å²) in [4.78, 5) is 12.1. The third-order valence-corrected chi connectivity index (χ3v) is 8.00. The van der Waals surface area contributed by atoms with Crippen molar-refractivity contribution in [2.75, 3.05) is 0 Å². The standard InChI is InChI=1S/C27H31OP/c1-8-21-15-24(17(2)3)27(25(16-21)18(4)5)23-11-9-10-12-26(23)29-19(6)13-22(28)14-20(29)7/h8-12,15-18H,1,6-7,13-14H2,2-5H3. The van der Waals surface area contributed by atoms with Gasteiger partial charge in [-0.25, -0.2) is 0 Å². The summed E-state index contributed by atoms with van der Waals surface area (Å²) in [6, 6.07) is 13.2. The highest BCUT2D eigenvalue weighted by atomic mass is 31.1. The zero-order valence-corrected chi connectivity index (χ0v) is 19.0. The van der Waals surface area contributed by atoms with Gasteiger partial charge < -0.3 is 0 Å². The van der Waals surface area contributed by atoms with Crippen molar-refractivity contribution in [1.82, 2.24) is 0 Å². The van der Waals surface area contributed by atoms with Gasteiger partial charge >= 0.3 is 0 Å². The van der Waals surface area contributed by atoms with Gasteiger partial charge in [0, 0.05) is 12.8 Å². The van der Waals surface area contributed by atoms with Crippen molar-refractivity contribution in [3.63, 3.8) is 0 Å². The summed E-state index contributed by atoms with van der Waals surface area (Å²) < 4.78 is 0. The van der Waals surface area contributed by atoms with Crippen molar-refractivity contribution in [3.8, 4) is 11.1 Å². The van der Waals surface area contributed by atoms with E-state index >= 15 is 0 Å². The molecule has 1 fully saturated rings. The van der Waals surface area contributed by atoms with Gasteiger partial charge in [-0.15, -0.1) is 0 Å². The van der Waals surface area contributed by atoms with E-state index in [4.69, 9.17) is 0 Å². The van der Waals surface area contributed by atoms with Gasteiger partial charge in [0.05, 0.1) is 0 Å². The first kappa shape index (κ1) is 21.5. The summed E-state index contributed by atoms with van der Waals surface area (Å²) in [7, 11) is -0.765. The summed E-state index contributed by atoms with van der Waals surface area (Å²) in [6.07, 6.45) is 2.89.